The number of carbonyl (C=O) groups excluding carboxylic acids is 1. The van der Waals surface area contributed by atoms with E-state index in [0.717, 1.165) is 51.3 Å². The molecule has 41 heavy (non-hydrogen) atoms. The number of para-hydroxylation sites is 1. The molecule has 1 aliphatic rings. The van der Waals surface area contributed by atoms with Gasteiger partial charge >= 0.3 is 6.09 Å². The van der Waals surface area contributed by atoms with E-state index in [1.165, 1.54) is 0 Å². The van der Waals surface area contributed by atoms with E-state index in [9.17, 15) is 4.79 Å². The molecule has 10 heteroatoms. The number of amides is 1. The average Bonchev–Trinajstić information content (AvgIpc) is 3.38. The van der Waals surface area contributed by atoms with Crippen LogP contribution in [0.1, 0.15) is 39.3 Å². The summed E-state index contributed by atoms with van der Waals surface area (Å²) in [5, 5.41) is 6.22. The van der Waals surface area contributed by atoms with Gasteiger partial charge in [-0.25, -0.2) is 14.8 Å². The first-order valence-electron chi connectivity index (χ1n) is 13.7. The number of nitrogens with zero attached hydrogens (tertiary/aromatic N) is 3. The summed E-state index contributed by atoms with van der Waals surface area (Å²) in [6.07, 6.45) is 4.34. The molecule has 0 unspecified atom stereocenters. The van der Waals surface area contributed by atoms with Crippen LogP contribution in [0.5, 0.6) is 11.5 Å². The number of ether oxygens (including phenoxy) is 2. The highest BCUT2D eigenvalue weighted by atomic mass is 32.2. The number of aromatic nitrogens is 2. The van der Waals surface area contributed by atoms with Gasteiger partial charge in [-0.3, -0.25) is 0 Å². The molecular formula is C31H35N5O3S2. The lowest BCUT2D eigenvalue weighted by Crippen LogP contribution is -2.42. The highest BCUT2D eigenvalue weighted by molar-refractivity contribution is 7.99. The number of benzene rings is 2. The van der Waals surface area contributed by atoms with Crippen molar-refractivity contribution in [2.75, 3.05) is 24.1 Å². The summed E-state index contributed by atoms with van der Waals surface area (Å²) in [6.45, 7) is 7.10. The molecular weight excluding hydrogens is 555 g/mol. The number of anilines is 3. The van der Waals surface area contributed by atoms with E-state index < -0.39 is 5.60 Å². The van der Waals surface area contributed by atoms with Crippen molar-refractivity contribution in [3.8, 4) is 11.5 Å². The molecule has 0 spiro atoms. The summed E-state index contributed by atoms with van der Waals surface area (Å²) in [4.78, 5) is 25.7. The minimum absolute atomic E-state index is 0.227. The first kappa shape index (κ1) is 28.8. The molecule has 0 aliphatic carbocycles. The van der Waals surface area contributed by atoms with Gasteiger partial charge in [0, 0.05) is 46.2 Å². The van der Waals surface area contributed by atoms with Crippen molar-refractivity contribution in [2.24, 2.45) is 5.92 Å². The van der Waals surface area contributed by atoms with Gasteiger partial charge in [-0.2, -0.15) is 0 Å². The molecule has 3 N–H and O–H groups in total. The smallest absolute Gasteiger partial charge is 0.410 e. The van der Waals surface area contributed by atoms with Crippen LogP contribution >= 0.6 is 23.1 Å². The van der Waals surface area contributed by atoms with E-state index in [1.54, 1.807) is 23.1 Å². The third kappa shape index (κ3) is 8.37. The molecule has 214 valence electrons. The summed E-state index contributed by atoms with van der Waals surface area (Å²) in [7, 11) is 0. The molecule has 3 heterocycles. The van der Waals surface area contributed by atoms with E-state index in [-0.39, 0.29) is 6.09 Å². The van der Waals surface area contributed by atoms with E-state index >= 15 is 0 Å². The molecule has 8 nitrogen and oxygen atoms in total. The van der Waals surface area contributed by atoms with Crippen molar-refractivity contribution in [1.82, 2.24) is 14.9 Å². The Bertz CT molecular complexity index is 1450. The normalized spacial score (nSPS) is 14.1. The lowest BCUT2D eigenvalue weighted by Gasteiger charge is -2.33. The number of rotatable bonds is 8. The van der Waals surface area contributed by atoms with Crippen LogP contribution in [0.15, 0.2) is 82.0 Å². The molecule has 2 aromatic heterocycles. The molecule has 1 amide bonds. The fourth-order valence-electron chi connectivity index (χ4n) is 4.44. The number of hydrogen-bond donors (Lipinski definition) is 2. The zero-order chi connectivity index (χ0) is 28.8. The second-order valence-electron chi connectivity index (χ2n) is 11.0. The van der Waals surface area contributed by atoms with E-state index in [0.29, 0.717) is 30.6 Å². The fraction of sp³-hybridized carbons (Fsp3) is 0.323. The number of carbonyl (C=O) groups is 1. The standard InChI is InChI=1S/C31H35N5O3S2/c1-31(2,3)39-30(37)36-15-13-21(14-16-36)17-23-20-40-29(34-23)35-28-27(38-24-7-5-4-6-8-24)18-26(19-33-28)41-25-11-9-22(32)10-12-25/h4-12,18-21H,13-17,32H2,1-3H3,(H,33,34,35). The van der Waals surface area contributed by atoms with Crippen molar-refractivity contribution in [3.05, 3.63) is 77.9 Å². The number of nitrogen functional groups attached to an aromatic ring is 1. The van der Waals surface area contributed by atoms with E-state index in [4.69, 9.17) is 25.2 Å². The Labute approximate surface area is 249 Å². The molecule has 5 rings (SSSR count). The minimum Gasteiger partial charge on any atom is -0.453 e. The summed E-state index contributed by atoms with van der Waals surface area (Å²) < 4.78 is 11.8. The Hall–Kier alpha value is -3.76. The van der Waals surface area contributed by atoms with Crippen LogP contribution in [0.25, 0.3) is 0 Å². The Balaban J connectivity index is 1.24. The van der Waals surface area contributed by atoms with Crippen LogP contribution in [-0.2, 0) is 11.2 Å². The summed E-state index contributed by atoms with van der Waals surface area (Å²) in [5.74, 6) is 2.41. The van der Waals surface area contributed by atoms with Crippen molar-refractivity contribution in [2.45, 2.75) is 55.4 Å². The lowest BCUT2D eigenvalue weighted by atomic mass is 9.93. The zero-order valence-corrected chi connectivity index (χ0v) is 25.1. The second-order valence-corrected chi connectivity index (χ2v) is 13.0. The first-order valence-corrected chi connectivity index (χ1v) is 15.4. The molecule has 2 aromatic carbocycles. The van der Waals surface area contributed by atoms with Gasteiger partial charge in [0.15, 0.2) is 16.7 Å². The second kappa shape index (κ2) is 12.8. The van der Waals surface area contributed by atoms with Crippen molar-refractivity contribution < 1.29 is 14.3 Å². The largest absolute Gasteiger partial charge is 0.453 e. The predicted octanol–water partition coefficient (Wildman–Crippen LogP) is 8.00. The van der Waals surface area contributed by atoms with Crippen LogP contribution < -0.4 is 15.8 Å². The maximum absolute atomic E-state index is 12.4. The molecule has 1 saturated heterocycles. The number of hydrogen-bond acceptors (Lipinski definition) is 9. The van der Waals surface area contributed by atoms with Crippen molar-refractivity contribution in [1.29, 1.82) is 0 Å². The topological polar surface area (TPSA) is 103 Å². The Morgan fingerprint density at radius 1 is 1.10 bits per heavy atom. The van der Waals surface area contributed by atoms with E-state index in [1.807, 2.05) is 92.5 Å². The van der Waals surface area contributed by atoms with Gasteiger partial charge in [0.25, 0.3) is 0 Å². The highest BCUT2D eigenvalue weighted by Crippen LogP contribution is 2.37. The number of pyridine rings is 1. The van der Waals surface area contributed by atoms with Gasteiger partial charge in [0.05, 0.1) is 5.69 Å². The summed E-state index contributed by atoms with van der Waals surface area (Å²) >= 11 is 3.14. The molecule has 1 aliphatic heterocycles. The predicted molar refractivity (Wildman–Crippen MR) is 165 cm³/mol. The number of likely N-dealkylation sites (tertiary alicyclic amines) is 1. The van der Waals surface area contributed by atoms with Crippen LogP contribution in [0.2, 0.25) is 0 Å². The van der Waals surface area contributed by atoms with Gasteiger partial charge < -0.3 is 25.4 Å². The van der Waals surface area contributed by atoms with Gasteiger partial charge in [0.2, 0.25) is 0 Å². The SMILES string of the molecule is CC(C)(C)OC(=O)N1CCC(Cc2csc(Nc3ncc(Sc4ccc(N)cc4)cc3Oc3ccccc3)n2)CC1. The number of thiazole rings is 1. The minimum atomic E-state index is -0.477. The van der Waals surface area contributed by atoms with Gasteiger partial charge in [-0.1, -0.05) is 30.0 Å². The van der Waals surface area contributed by atoms with Crippen molar-refractivity contribution >= 4 is 45.8 Å². The van der Waals surface area contributed by atoms with Crippen LogP contribution in [0.4, 0.5) is 21.4 Å². The van der Waals surface area contributed by atoms with Gasteiger partial charge in [-0.15, -0.1) is 11.3 Å². The van der Waals surface area contributed by atoms with Crippen LogP contribution in [0, 0.1) is 5.92 Å². The summed E-state index contributed by atoms with van der Waals surface area (Å²) in [5.41, 5.74) is 7.13. The molecule has 4 aromatic rings. The molecule has 0 bridgehead atoms. The fourth-order valence-corrected chi connectivity index (χ4v) is 5.98. The monoisotopic (exact) mass is 589 g/mol. The summed E-state index contributed by atoms with van der Waals surface area (Å²) in [6, 6.07) is 19.4. The average molecular weight is 590 g/mol. The third-order valence-corrected chi connectivity index (χ3v) is 8.23. The van der Waals surface area contributed by atoms with E-state index in [2.05, 4.69) is 10.7 Å². The Kier molecular flexibility index (Phi) is 8.99. The van der Waals surface area contributed by atoms with Gasteiger partial charge in [0.1, 0.15) is 11.4 Å². The van der Waals surface area contributed by atoms with Crippen LogP contribution in [-0.4, -0.2) is 39.7 Å². The third-order valence-electron chi connectivity index (χ3n) is 6.46. The molecule has 0 saturated carbocycles. The molecule has 0 radical (unpaired) electrons. The zero-order valence-electron chi connectivity index (χ0n) is 23.5. The van der Waals surface area contributed by atoms with Crippen LogP contribution in [0.3, 0.4) is 0 Å². The Morgan fingerprint density at radius 2 is 1.83 bits per heavy atom. The molecule has 1 fully saturated rings. The maximum Gasteiger partial charge on any atom is 0.410 e. The number of piperidine rings is 1. The first-order chi connectivity index (χ1) is 19.7. The van der Waals surface area contributed by atoms with Crippen molar-refractivity contribution in [3.63, 3.8) is 0 Å². The maximum atomic E-state index is 12.4. The molecule has 0 atom stereocenters. The number of nitrogens with one attached hydrogen (secondary N) is 1. The van der Waals surface area contributed by atoms with Gasteiger partial charge in [-0.05, 0) is 82.3 Å². The number of nitrogens with two attached hydrogens (primary N) is 1. The lowest BCUT2D eigenvalue weighted by molar-refractivity contribution is 0.0184. The highest BCUT2D eigenvalue weighted by Gasteiger charge is 2.27. The Morgan fingerprint density at radius 3 is 2.54 bits per heavy atom. The quantitative estimate of drug-likeness (QED) is 0.199.